The molecule has 16 heavy (non-hydrogen) atoms. The Bertz CT molecular complexity index is 379. The van der Waals surface area contributed by atoms with E-state index in [2.05, 4.69) is 0 Å². The lowest BCUT2D eigenvalue weighted by atomic mass is 10.1. The van der Waals surface area contributed by atoms with E-state index in [1.807, 2.05) is 37.3 Å². The van der Waals surface area contributed by atoms with Crippen molar-refractivity contribution in [3.8, 4) is 0 Å². The van der Waals surface area contributed by atoms with E-state index >= 15 is 0 Å². The molecule has 0 fully saturated rings. The lowest BCUT2D eigenvalue weighted by molar-refractivity contribution is 0.0697. The van der Waals surface area contributed by atoms with Crippen molar-refractivity contribution >= 4 is 23.4 Å². The number of benzene rings is 1. The van der Waals surface area contributed by atoms with Gasteiger partial charge in [0.1, 0.15) is 0 Å². The molecule has 3 nitrogen and oxygen atoms in total. The van der Waals surface area contributed by atoms with Crippen LogP contribution in [0.1, 0.15) is 15.9 Å². The van der Waals surface area contributed by atoms with Gasteiger partial charge in [-0.15, -0.1) is 0 Å². The predicted octanol–water partition coefficient (Wildman–Crippen LogP) is 2.49. The number of anilines is 1. The first-order valence-corrected chi connectivity index (χ1v) is 6.49. The van der Waals surface area contributed by atoms with Crippen molar-refractivity contribution < 1.29 is 9.90 Å². The van der Waals surface area contributed by atoms with Crippen molar-refractivity contribution in [2.45, 2.75) is 6.92 Å². The number of nitrogens with zero attached hydrogens (tertiary/aromatic N) is 1. The van der Waals surface area contributed by atoms with E-state index in [0.29, 0.717) is 5.56 Å². The Labute approximate surface area is 100 Å². The molecule has 0 bridgehead atoms. The average Bonchev–Trinajstić information content (AvgIpc) is 2.25. The molecule has 0 spiro atoms. The van der Waals surface area contributed by atoms with Crippen molar-refractivity contribution in [1.29, 1.82) is 0 Å². The number of rotatable bonds is 5. The smallest absolute Gasteiger partial charge is 0.337 e. The number of carbonyl (C=O) groups is 1. The molecule has 0 atom stereocenters. The Morgan fingerprint density at radius 2 is 2.19 bits per heavy atom. The minimum absolute atomic E-state index is 0.370. The number of carboxylic acid groups (broad SMARTS) is 1. The molecule has 1 N–H and O–H groups in total. The molecular formula is C12H17NO2S. The van der Waals surface area contributed by atoms with Gasteiger partial charge < -0.3 is 10.0 Å². The SMILES string of the molecule is CSCCN(C)c1cc(C)ccc1C(=O)O. The van der Waals surface area contributed by atoms with Crippen LogP contribution in [0.2, 0.25) is 0 Å². The van der Waals surface area contributed by atoms with Crippen molar-refractivity contribution in [3.63, 3.8) is 0 Å². The van der Waals surface area contributed by atoms with Gasteiger partial charge in [-0.3, -0.25) is 0 Å². The summed E-state index contributed by atoms with van der Waals surface area (Å²) in [5, 5.41) is 9.10. The Hall–Kier alpha value is -1.16. The molecule has 0 unspecified atom stereocenters. The van der Waals surface area contributed by atoms with Crippen LogP contribution < -0.4 is 4.90 Å². The average molecular weight is 239 g/mol. The zero-order chi connectivity index (χ0) is 12.1. The second kappa shape index (κ2) is 5.80. The Balaban J connectivity index is 2.99. The number of carboxylic acids is 1. The van der Waals surface area contributed by atoms with Crippen LogP contribution in [-0.2, 0) is 0 Å². The topological polar surface area (TPSA) is 40.5 Å². The van der Waals surface area contributed by atoms with Gasteiger partial charge in [-0.25, -0.2) is 4.79 Å². The largest absolute Gasteiger partial charge is 0.478 e. The van der Waals surface area contributed by atoms with Crippen LogP contribution in [0.15, 0.2) is 18.2 Å². The van der Waals surface area contributed by atoms with Crippen LogP contribution >= 0.6 is 11.8 Å². The summed E-state index contributed by atoms with van der Waals surface area (Å²) in [6.45, 7) is 2.82. The molecule has 0 saturated carbocycles. The van der Waals surface area contributed by atoms with Gasteiger partial charge in [0.2, 0.25) is 0 Å². The fourth-order valence-electron chi connectivity index (χ4n) is 1.49. The first-order valence-electron chi connectivity index (χ1n) is 5.10. The van der Waals surface area contributed by atoms with E-state index in [4.69, 9.17) is 5.11 Å². The third kappa shape index (κ3) is 3.17. The summed E-state index contributed by atoms with van der Waals surface area (Å²) < 4.78 is 0. The first kappa shape index (κ1) is 12.9. The number of hydrogen-bond acceptors (Lipinski definition) is 3. The van der Waals surface area contributed by atoms with Crippen molar-refractivity contribution in [2.75, 3.05) is 30.5 Å². The zero-order valence-corrected chi connectivity index (χ0v) is 10.7. The molecule has 0 radical (unpaired) electrons. The number of aryl methyl sites for hydroxylation is 1. The molecule has 0 aromatic heterocycles. The van der Waals surface area contributed by atoms with Crippen LogP contribution in [0.3, 0.4) is 0 Å². The highest BCUT2D eigenvalue weighted by molar-refractivity contribution is 7.98. The van der Waals surface area contributed by atoms with Crippen molar-refractivity contribution in [2.24, 2.45) is 0 Å². The first-order chi connectivity index (χ1) is 7.56. The lowest BCUT2D eigenvalue weighted by Crippen LogP contribution is -2.22. The molecule has 1 rings (SSSR count). The summed E-state index contributed by atoms with van der Waals surface area (Å²) >= 11 is 1.75. The standard InChI is InChI=1S/C12H17NO2S/c1-9-4-5-10(12(14)15)11(8-9)13(2)6-7-16-3/h4-5,8H,6-7H2,1-3H3,(H,14,15). The normalized spacial score (nSPS) is 10.2. The summed E-state index contributed by atoms with van der Waals surface area (Å²) in [6, 6.07) is 5.42. The van der Waals surface area contributed by atoms with Gasteiger partial charge in [0.15, 0.2) is 0 Å². The molecule has 0 amide bonds. The Morgan fingerprint density at radius 1 is 1.50 bits per heavy atom. The Morgan fingerprint density at radius 3 is 2.75 bits per heavy atom. The fraction of sp³-hybridized carbons (Fsp3) is 0.417. The van der Waals surface area contributed by atoms with E-state index in [0.717, 1.165) is 23.5 Å². The highest BCUT2D eigenvalue weighted by atomic mass is 32.2. The Kier molecular flexibility index (Phi) is 4.68. The van der Waals surface area contributed by atoms with E-state index < -0.39 is 5.97 Å². The fourth-order valence-corrected chi connectivity index (χ4v) is 1.94. The molecule has 0 heterocycles. The van der Waals surface area contributed by atoms with E-state index in [1.54, 1.807) is 17.8 Å². The predicted molar refractivity (Wildman–Crippen MR) is 69.8 cm³/mol. The molecule has 1 aromatic carbocycles. The second-order valence-corrected chi connectivity index (χ2v) is 4.73. The maximum atomic E-state index is 11.1. The van der Waals surface area contributed by atoms with Crippen LogP contribution in [0.25, 0.3) is 0 Å². The molecular weight excluding hydrogens is 222 g/mol. The number of thioether (sulfide) groups is 1. The second-order valence-electron chi connectivity index (χ2n) is 3.74. The van der Waals surface area contributed by atoms with Crippen LogP contribution in [-0.4, -0.2) is 36.7 Å². The third-order valence-electron chi connectivity index (χ3n) is 2.43. The molecule has 0 aliphatic rings. The van der Waals surface area contributed by atoms with Gasteiger partial charge in [-0.1, -0.05) is 6.07 Å². The van der Waals surface area contributed by atoms with Crippen LogP contribution in [0, 0.1) is 6.92 Å². The van der Waals surface area contributed by atoms with Crippen molar-refractivity contribution in [3.05, 3.63) is 29.3 Å². The molecule has 0 aliphatic heterocycles. The molecule has 4 heteroatoms. The highest BCUT2D eigenvalue weighted by Crippen LogP contribution is 2.21. The summed E-state index contributed by atoms with van der Waals surface area (Å²) in [6.07, 6.45) is 2.04. The van der Waals surface area contributed by atoms with Crippen LogP contribution in [0.4, 0.5) is 5.69 Å². The third-order valence-corrected chi connectivity index (χ3v) is 3.02. The maximum Gasteiger partial charge on any atom is 0.337 e. The minimum Gasteiger partial charge on any atom is -0.478 e. The van der Waals surface area contributed by atoms with Crippen LogP contribution in [0.5, 0.6) is 0 Å². The monoisotopic (exact) mass is 239 g/mol. The molecule has 88 valence electrons. The molecule has 0 saturated heterocycles. The van der Waals surface area contributed by atoms with Gasteiger partial charge in [0, 0.05) is 19.3 Å². The lowest BCUT2D eigenvalue weighted by Gasteiger charge is -2.21. The summed E-state index contributed by atoms with van der Waals surface area (Å²) in [5.74, 6) is 0.120. The van der Waals surface area contributed by atoms with Crippen molar-refractivity contribution in [1.82, 2.24) is 0 Å². The summed E-state index contributed by atoms with van der Waals surface area (Å²) in [4.78, 5) is 13.1. The quantitative estimate of drug-likeness (QED) is 0.857. The maximum absolute atomic E-state index is 11.1. The van der Waals surface area contributed by atoms with Gasteiger partial charge in [0.25, 0.3) is 0 Å². The van der Waals surface area contributed by atoms with Gasteiger partial charge >= 0.3 is 5.97 Å². The van der Waals surface area contributed by atoms with Gasteiger partial charge in [0.05, 0.1) is 11.3 Å². The summed E-state index contributed by atoms with van der Waals surface area (Å²) in [7, 11) is 1.93. The zero-order valence-electron chi connectivity index (χ0n) is 9.86. The van der Waals surface area contributed by atoms with E-state index in [1.165, 1.54) is 0 Å². The van der Waals surface area contributed by atoms with Gasteiger partial charge in [-0.05, 0) is 30.9 Å². The van der Waals surface area contributed by atoms with Gasteiger partial charge in [-0.2, -0.15) is 11.8 Å². The highest BCUT2D eigenvalue weighted by Gasteiger charge is 2.12. The minimum atomic E-state index is -0.869. The number of hydrogen-bond donors (Lipinski definition) is 1. The molecule has 1 aromatic rings. The van der Waals surface area contributed by atoms with E-state index in [-0.39, 0.29) is 0 Å². The summed E-state index contributed by atoms with van der Waals surface area (Å²) in [5.41, 5.74) is 2.24. The number of aromatic carboxylic acids is 1. The molecule has 0 aliphatic carbocycles. The van der Waals surface area contributed by atoms with E-state index in [9.17, 15) is 4.79 Å².